The number of rotatable bonds is 3. The van der Waals surface area contributed by atoms with Gasteiger partial charge in [-0.15, -0.1) is 0 Å². The number of hydrogen-bond donors (Lipinski definition) is 2. The van der Waals surface area contributed by atoms with E-state index in [0.29, 0.717) is 12.0 Å². The predicted octanol–water partition coefficient (Wildman–Crippen LogP) is 2.05. The minimum absolute atomic E-state index is 0.0260. The van der Waals surface area contributed by atoms with Gasteiger partial charge in [-0.2, -0.15) is 0 Å². The molecule has 0 aromatic carbocycles. The normalized spacial score (nSPS) is 26.9. The largest absolute Gasteiger partial charge is 0.352 e. The van der Waals surface area contributed by atoms with Gasteiger partial charge in [0.25, 0.3) is 0 Å². The maximum Gasteiger partial charge on any atom is 0.239 e. The van der Waals surface area contributed by atoms with Crippen molar-refractivity contribution >= 4 is 5.91 Å². The van der Waals surface area contributed by atoms with Crippen LogP contribution in [0, 0.1) is 11.8 Å². The van der Waals surface area contributed by atoms with Crippen molar-refractivity contribution in [1.29, 1.82) is 0 Å². The van der Waals surface area contributed by atoms with Crippen molar-refractivity contribution in [3.05, 3.63) is 0 Å². The molecule has 3 nitrogen and oxygen atoms in total. The summed E-state index contributed by atoms with van der Waals surface area (Å²) in [5.41, 5.74) is 5.02. The molecule has 16 heavy (non-hydrogen) atoms. The summed E-state index contributed by atoms with van der Waals surface area (Å²) in [5, 5.41) is 3.08. The molecule has 2 atom stereocenters. The van der Waals surface area contributed by atoms with E-state index in [0.717, 1.165) is 18.8 Å². The van der Waals surface area contributed by atoms with E-state index in [4.69, 9.17) is 5.73 Å². The van der Waals surface area contributed by atoms with Crippen LogP contribution in [0.3, 0.4) is 0 Å². The Hall–Kier alpha value is -0.570. The number of nitrogens with one attached hydrogen (secondary N) is 1. The van der Waals surface area contributed by atoms with Crippen LogP contribution in [0.1, 0.15) is 53.4 Å². The summed E-state index contributed by atoms with van der Waals surface area (Å²) in [6.45, 7) is 8.04. The fourth-order valence-corrected chi connectivity index (χ4v) is 2.34. The summed E-state index contributed by atoms with van der Waals surface area (Å²) in [7, 11) is 0. The molecule has 1 aliphatic carbocycles. The summed E-state index contributed by atoms with van der Waals surface area (Å²) >= 11 is 0. The minimum atomic E-state index is -0.759. The molecule has 0 heterocycles. The van der Waals surface area contributed by atoms with Crippen LogP contribution in [0.15, 0.2) is 0 Å². The quantitative estimate of drug-likeness (QED) is 0.774. The summed E-state index contributed by atoms with van der Waals surface area (Å²) in [5.74, 6) is 1.44. The molecule has 0 spiro atoms. The molecule has 3 heteroatoms. The Bertz CT molecular complexity index is 243. The van der Waals surface area contributed by atoms with Crippen molar-refractivity contribution in [1.82, 2.24) is 5.32 Å². The Morgan fingerprint density at radius 3 is 2.50 bits per heavy atom. The number of carbonyl (C=O) groups is 1. The highest BCUT2D eigenvalue weighted by molar-refractivity contribution is 5.85. The average molecular weight is 226 g/mol. The zero-order valence-electron chi connectivity index (χ0n) is 11.0. The molecule has 0 aromatic heterocycles. The van der Waals surface area contributed by atoms with Gasteiger partial charge in [-0.1, -0.05) is 26.7 Å². The molecule has 0 radical (unpaired) electrons. The lowest BCUT2D eigenvalue weighted by atomic mass is 9.79. The molecular weight excluding hydrogens is 200 g/mol. The molecule has 0 saturated heterocycles. The highest BCUT2D eigenvalue weighted by atomic mass is 16.2. The fraction of sp³-hybridized carbons (Fsp3) is 0.923. The van der Waals surface area contributed by atoms with Gasteiger partial charge in [0.05, 0.1) is 5.54 Å². The molecule has 2 unspecified atom stereocenters. The third-order valence-electron chi connectivity index (χ3n) is 3.58. The minimum Gasteiger partial charge on any atom is -0.352 e. The van der Waals surface area contributed by atoms with E-state index in [1.54, 1.807) is 13.8 Å². The van der Waals surface area contributed by atoms with Gasteiger partial charge in [0.15, 0.2) is 0 Å². The Labute approximate surface area is 99.2 Å². The maximum absolute atomic E-state index is 11.8. The van der Waals surface area contributed by atoms with Crippen LogP contribution in [-0.2, 0) is 4.79 Å². The van der Waals surface area contributed by atoms with Crippen LogP contribution in [0.4, 0.5) is 0 Å². The van der Waals surface area contributed by atoms with E-state index in [1.165, 1.54) is 12.8 Å². The second kappa shape index (κ2) is 5.17. The lowest BCUT2D eigenvalue weighted by Crippen LogP contribution is -2.53. The monoisotopic (exact) mass is 226 g/mol. The predicted molar refractivity (Wildman–Crippen MR) is 67.0 cm³/mol. The second-order valence-electron chi connectivity index (χ2n) is 6.06. The van der Waals surface area contributed by atoms with Crippen molar-refractivity contribution in [2.45, 2.75) is 65.0 Å². The molecule has 1 saturated carbocycles. The third-order valence-corrected chi connectivity index (χ3v) is 3.58. The van der Waals surface area contributed by atoms with E-state index in [2.05, 4.69) is 19.2 Å². The average Bonchev–Trinajstić information content (AvgIpc) is 2.16. The Kier molecular flexibility index (Phi) is 4.36. The fourth-order valence-electron chi connectivity index (χ4n) is 2.34. The van der Waals surface area contributed by atoms with Gasteiger partial charge in [0.1, 0.15) is 0 Å². The van der Waals surface area contributed by atoms with E-state index >= 15 is 0 Å². The Morgan fingerprint density at radius 2 is 2.00 bits per heavy atom. The first kappa shape index (κ1) is 13.5. The number of nitrogens with two attached hydrogens (primary N) is 1. The zero-order valence-corrected chi connectivity index (χ0v) is 11.0. The number of hydrogen-bond acceptors (Lipinski definition) is 2. The molecule has 94 valence electrons. The SMILES string of the molecule is CC(C)C1CCCC(NC(=O)C(C)(C)N)C1. The standard InChI is InChI=1S/C13H26N2O/c1-9(2)10-6-5-7-11(8-10)15-12(16)13(3,4)14/h9-11H,5-8,14H2,1-4H3,(H,15,16). The van der Waals surface area contributed by atoms with Gasteiger partial charge in [0.2, 0.25) is 5.91 Å². The molecule has 0 aliphatic heterocycles. The van der Waals surface area contributed by atoms with Crippen LogP contribution in [0.5, 0.6) is 0 Å². The first-order valence-electron chi connectivity index (χ1n) is 6.40. The van der Waals surface area contributed by atoms with Crippen LogP contribution < -0.4 is 11.1 Å². The molecule has 1 rings (SSSR count). The molecule has 1 aliphatic rings. The van der Waals surface area contributed by atoms with Gasteiger partial charge < -0.3 is 11.1 Å². The van der Waals surface area contributed by atoms with Gasteiger partial charge in [0, 0.05) is 6.04 Å². The lowest BCUT2D eigenvalue weighted by Gasteiger charge is -2.33. The highest BCUT2D eigenvalue weighted by Crippen LogP contribution is 2.30. The van der Waals surface area contributed by atoms with Crippen LogP contribution in [-0.4, -0.2) is 17.5 Å². The summed E-state index contributed by atoms with van der Waals surface area (Å²) in [4.78, 5) is 11.8. The topological polar surface area (TPSA) is 55.1 Å². The molecule has 1 amide bonds. The number of amides is 1. The van der Waals surface area contributed by atoms with Crippen molar-refractivity contribution in [2.75, 3.05) is 0 Å². The molecule has 0 bridgehead atoms. The van der Waals surface area contributed by atoms with Crippen molar-refractivity contribution in [3.63, 3.8) is 0 Å². The van der Waals surface area contributed by atoms with Crippen LogP contribution in [0.2, 0.25) is 0 Å². The zero-order chi connectivity index (χ0) is 12.3. The summed E-state index contributed by atoms with van der Waals surface area (Å²) in [6.07, 6.45) is 4.74. The van der Waals surface area contributed by atoms with Gasteiger partial charge in [-0.25, -0.2) is 0 Å². The Morgan fingerprint density at radius 1 is 1.38 bits per heavy atom. The second-order valence-corrected chi connectivity index (χ2v) is 6.06. The highest BCUT2D eigenvalue weighted by Gasteiger charge is 2.28. The summed E-state index contributed by atoms with van der Waals surface area (Å²) in [6, 6.07) is 0.330. The smallest absolute Gasteiger partial charge is 0.239 e. The van der Waals surface area contributed by atoms with Gasteiger partial charge in [-0.05, 0) is 38.5 Å². The van der Waals surface area contributed by atoms with E-state index < -0.39 is 5.54 Å². The Balaban J connectivity index is 2.46. The van der Waals surface area contributed by atoms with E-state index in [9.17, 15) is 4.79 Å². The molecule has 0 aromatic rings. The lowest BCUT2D eigenvalue weighted by molar-refractivity contribution is -0.126. The van der Waals surface area contributed by atoms with Crippen molar-refractivity contribution in [3.8, 4) is 0 Å². The van der Waals surface area contributed by atoms with Crippen molar-refractivity contribution in [2.24, 2.45) is 17.6 Å². The van der Waals surface area contributed by atoms with Gasteiger partial charge in [-0.3, -0.25) is 4.79 Å². The third kappa shape index (κ3) is 3.78. The molecular formula is C13H26N2O. The van der Waals surface area contributed by atoms with Crippen molar-refractivity contribution < 1.29 is 4.79 Å². The van der Waals surface area contributed by atoms with Crippen LogP contribution in [0.25, 0.3) is 0 Å². The van der Waals surface area contributed by atoms with E-state index in [-0.39, 0.29) is 5.91 Å². The summed E-state index contributed by atoms with van der Waals surface area (Å²) < 4.78 is 0. The molecule has 3 N–H and O–H groups in total. The number of carbonyl (C=O) groups excluding carboxylic acids is 1. The van der Waals surface area contributed by atoms with Crippen LogP contribution >= 0.6 is 0 Å². The molecule has 1 fully saturated rings. The first-order chi connectivity index (χ1) is 7.30. The maximum atomic E-state index is 11.8. The van der Waals surface area contributed by atoms with E-state index in [1.807, 2.05) is 0 Å². The first-order valence-corrected chi connectivity index (χ1v) is 6.40. The van der Waals surface area contributed by atoms with Gasteiger partial charge >= 0.3 is 0 Å².